The van der Waals surface area contributed by atoms with E-state index in [1.54, 1.807) is 36.7 Å². The van der Waals surface area contributed by atoms with Crippen molar-refractivity contribution in [1.82, 2.24) is 40.4 Å². The molecule has 0 atom stereocenters. The highest BCUT2D eigenvalue weighted by molar-refractivity contribution is 9.10. The SMILES string of the molecule is CCN(CC)CCNC(=O)c1ccc(N)cc1.CCN(CC)CCNC(=O)c1ccc(Nc2nccc(N3CCc4ccc(Br)cc43)n2)cc1.Clc1nccc(N2CCc3ccc(Br)cc32)n1. The number of nitrogens with zero attached hydrogens (tertiary/aromatic N) is 8. The van der Waals surface area contributed by atoms with E-state index in [0.717, 1.165) is 91.5 Å². The molecular weight excluding hydrogens is 996 g/mol. The summed E-state index contributed by atoms with van der Waals surface area (Å²) >= 11 is 12.9. The Morgan fingerprint density at radius 2 is 1.10 bits per heavy atom. The molecule has 8 rings (SSSR count). The van der Waals surface area contributed by atoms with Gasteiger partial charge >= 0.3 is 0 Å². The number of carbonyl (C=O) groups is 2. The van der Waals surface area contributed by atoms with Crippen molar-refractivity contribution in [2.75, 3.05) is 86.3 Å². The van der Waals surface area contributed by atoms with Crippen LogP contribution < -0.4 is 31.5 Å². The monoisotopic (exact) mass is 1050 g/mol. The van der Waals surface area contributed by atoms with Crippen molar-refractivity contribution < 1.29 is 9.59 Å². The van der Waals surface area contributed by atoms with E-state index in [2.05, 4.69) is 146 Å². The Labute approximate surface area is 416 Å². The zero-order valence-electron chi connectivity index (χ0n) is 38.5. The van der Waals surface area contributed by atoms with E-state index in [1.165, 1.54) is 22.5 Å². The molecule has 2 amide bonds. The number of anilines is 7. The summed E-state index contributed by atoms with van der Waals surface area (Å²) in [5, 5.41) is 9.41. The maximum atomic E-state index is 12.4. The molecule has 0 radical (unpaired) electrons. The van der Waals surface area contributed by atoms with Crippen LogP contribution in [0.15, 0.2) is 118 Å². The summed E-state index contributed by atoms with van der Waals surface area (Å²) in [7, 11) is 0. The fourth-order valence-corrected chi connectivity index (χ4v) is 8.47. The summed E-state index contributed by atoms with van der Waals surface area (Å²) in [5.74, 6) is 2.12. The molecule has 14 nitrogen and oxygen atoms in total. The molecule has 6 aromatic rings. The molecule has 0 bridgehead atoms. The second-order valence-electron chi connectivity index (χ2n) is 15.7. The van der Waals surface area contributed by atoms with Gasteiger partial charge in [0.2, 0.25) is 11.2 Å². The highest BCUT2D eigenvalue weighted by Crippen LogP contribution is 2.37. The van der Waals surface area contributed by atoms with Crippen LogP contribution in [0.4, 0.5) is 40.3 Å². The summed E-state index contributed by atoms with van der Waals surface area (Å²) in [5.41, 5.74) is 13.4. The number of carbonyl (C=O) groups excluding carboxylic acids is 2. The van der Waals surface area contributed by atoms with Gasteiger partial charge < -0.3 is 41.3 Å². The lowest BCUT2D eigenvalue weighted by molar-refractivity contribution is 0.0941. The average Bonchev–Trinajstić information content (AvgIpc) is 3.97. The van der Waals surface area contributed by atoms with E-state index in [1.807, 2.05) is 36.4 Å². The number of hydrogen-bond donors (Lipinski definition) is 4. The average molecular weight is 1060 g/mol. The van der Waals surface area contributed by atoms with Gasteiger partial charge in [-0.15, -0.1) is 0 Å². The highest BCUT2D eigenvalue weighted by Gasteiger charge is 2.23. The number of nitrogens with one attached hydrogen (secondary N) is 3. The lowest BCUT2D eigenvalue weighted by Crippen LogP contribution is -2.34. The third-order valence-corrected chi connectivity index (χ3v) is 12.7. The summed E-state index contributed by atoms with van der Waals surface area (Å²) in [6, 6.07) is 30.8. The van der Waals surface area contributed by atoms with Gasteiger partial charge in [0, 0.05) is 94.5 Å². The Bertz CT molecular complexity index is 2540. The fourth-order valence-electron chi connectivity index (χ4n) is 7.62. The van der Waals surface area contributed by atoms with Gasteiger partial charge in [-0.25, -0.2) is 15.0 Å². The van der Waals surface area contributed by atoms with Crippen LogP contribution in [0.1, 0.15) is 59.5 Å². The zero-order chi connectivity index (χ0) is 47.7. The zero-order valence-corrected chi connectivity index (χ0v) is 42.4. The number of nitrogens with two attached hydrogens (primary N) is 1. The van der Waals surface area contributed by atoms with Gasteiger partial charge in [-0.2, -0.15) is 4.98 Å². The third kappa shape index (κ3) is 14.7. The Kier molecular flexibility index (Phi) is 19.3. The maximum absolute atomic E-state index is 12.4. The van der Waals surface area contributed by atoms with Crippen LogP contribution in [0.25, 0.3) is 0 Å². The molecule has 2 aliphatic heterocycles. The summed E-state index contributed by atoms with van der Waals surface area (Å²) < 4.78 is 2.13. The molecular formula is C50H59Br2ClN12O2. The van der Waals surface area contributed by atoms with Gasteiger partial charge in [-0.05, 0) is 147 Å². The lowest BCUT2D eigenvalue weighted by atomic mass is 10.2. The molecule has 0 aliphatic carbocycles. The first-order chi connectivity index (χ1) is 32.5. The third-order valence-electron chi connectivity index (χ3n) is 11.5. The van der Waals surface area contributed by atoms with E-state index in [9.17, 15) is 9.59 Å². The van der Waals surface area contributed by atoms with E-state index in [4.69, 9.17) is 22.3 Å². The number of amides is 2. The fraction of sp³-hybridized carbons (Fsp3) is 0.320. The van der Waals surface area contributed by atoms with Crippen molar-refractivity contribution in [3.8, 4) is 0 Å². The molecule has 2 aliphatic rings. The first kappa shape index (κ1) is 50.8. The number of aromatic nitrogens is 4. The number of nitrogen functional groups attached to an aromatic ring is 1. The van der Waals surface area contributed by atoms with Gasteiger partial charge in [0.1, 0.15) is 11.6 Å². The van der Waals surface area contributed by atoms with Crippen molar-refractivity contribution in [3.63, 3.8) is 0 Å². The largest absolute Gasteiger partial charge is 0.399 e. The van der Waals surface area contributed by atoms with Crippen LogP contribution in [0.5, 0.6) is 0 Å². The van der Waals surface area contributed by atoms with E-state index in [-0.39, 0.29) is 17.1 Å². The smallest absolute Gasteiger partial charge is 0.251 e. The molecule has 0 saturated heterocycles. The normalized spacial score (nSPS) is 12.4. The van der Waals surface area contributed by atoms with Crippen LogP contribution in [-0.2, 0) is 12.8 Å². The Balaban J connectivity index is 0.000000183. The van der Waals surface area contributed by atoms with Gasteiger partial charge in [-0.1, -0.05) is 71.7 Å². The summed E-state index contributed by atoms with van der Waals surface area (Å²) in [6.45, 7) is 17.3. The number of likely N-dealkylation sites (N-methyl/N-ethyl adjacent to an activating group) is 2. The second-order valence-corrected chi connectivity index (χ2v) is 17.8. The first-order valence-electron chi connectivity index (χ1n) is 22.7. The molecule has 352 valence electrons. The molecule has 0 fully saturated rings. The quantitative estimate of drug-likeness (QED) is 0.0538. The van der Waals surface area contributed by atoms with Crippen LogP contribution in [0.3, 0.4) is 0 Å². The molecule has 4 heterocycles. The molecule has 5 N–H and O–H groups in total. The molecule has 2 aromatic heterocycles. The Morgan fingerprint density at radius 1 is 0.642 bits per heavy atom. The summed E-state index contributed by atoms with van der Waals surface area (Å²) in [6.07, 6.45) is 5.47. The number of hydrogen-bond acceptors (Lipinski definition) is 12. The topological polar surface area (TPSA) is 161 Å². The van der Waals surface area contributed by atoms with Crippen molar-refractivity contribution in [2.45, 2.75) is 40.5 Å². The van der Waals surface area contributed by atoms with Crippen LogP contribution in [-0.4, -0.2) is 107 Å². The van der Waals surface area contributed by atoms with Crippen LogP contribution in [0, 0.1) is 0 Å². The number of rotatable bonds is 16. The Hall–Kier alpha value is -5.65. The molecule has 0 spiro atoms. The minimum atomic E-state index is -0.0641. The number of halogens is 3. The van der Waals surface area contributed by atoms with Crippen molar-refractivity contribution in [2.24, 2.45) is 0 Å². The molecule has 67 heavy (non-hydrogen) atoms. The number of benzene rings is 4. The van der Waals surface area contributed by atoms with Crippen molar-refractivity contribution >= 4 is 95.6 Å². The maximum Gasteiger partial charge on any atom is 0.251 e. The molecule has 0 saturated carbocycles. The number of fused-ring (bicyclic) bond motifs is 2. The predicted molar refractivity (Wildman–Crippen MR) is 280 cm³/mol. The molecule has 17 heteroatoms. The van der Waals surface area contributed by atoms with Crippen molar-refractivity contribution in [1.29, 1.82) is 0 Å². The highest BCUT2D eigenvalue weighted by atomic mass is 79.9. The standard InChI is InChI=1S/C25H29BrN6O.C13H21N3O.C12H9BrClN3/c1-3-31(4-2)16-14-27-24(33)19-6-9-21(10-7-19)29-25-28-13-11-23(30-25)32-15-12-18-5-8-20(26)17-22(18)32;1-3-16(4-2)10-9-15-13(17)11-5-7-12(14)8-6-11;13-9-2-1-8-4-6-17(10(8)7-9)11-3-5-15-12(14)16-11/h5-11,13,17H,3-4,12,14-16H2,1-2H3,(H,27,33)(H,28,29,30);5-8H,3-4,9-10,14H2,1-2H3,(H,15,17);1-3,5,7H,4,6H2. The minimum Gasteiger partial charge on any atom is -0.399 e. The summed E-state index contributed by atoms with van der Waals surface area (Å²) in [4.78, 5) is 50.3. The van der Waals surface area contributed by atoms with E-state index >= 15 is 0 Å². The van der Waals surface area contributed by atoms with Crippen LogP contribution >= 0.6 is 43.5 Å². The van der Waals surface area contributed by atoms with Crippen molar-refractivity contribution in [3.05, 3.63) is 146 Å². The minimum absolute atomic E-state index is 0.0443. The second kappa shape index (κ2) is 25.5. The molecule has 4 aromatic carbocycles. The van der Waals surface area contributed by atoms with E-state index < -0.39 is 0 Å². The van der Waals surface area contributed by atoms with Gasteiger partial charge in [0.25, 0.3) is 11.8 Å². The van der Waals surface area contributed by atoms with Crippen LogP contribution in [0.2, 0.25) is 5.28 Å². The van der Waals surface area contributed by atoms with Gasteiger partial charge in [-0.3, -0.25) is 9.59 Å². The van der Waals surface area contributed by atoms with Gasteiger partial charge in [0.15, 0.2) is 0 Å². The first-order valence-corrected chi connectivity index (χ1v) is 24.6. The molecule has 0 unspecified atom stereocenters. The lowest BCUT2D eigenvalue weighted by Gasteiger charge is -2.19. The van der Waals surface area contributed by atoms with Gasteiger partial charge in [0.05, 0.1) is 0 Å². The Morgan fingerprint density at radius 3 is 1.58 bits per heavy atom. The predicted octanol–water partition coefficient (Wildman–Crippen LogP) is 9.68. The van der Waals surface area contributed by atoms with E-state index in [0.29, 0.717) is 35.9 Å².